The van der Waals surface area contributed by atoms with E-state index in [9.17, 15) is 8.78 Å². The summed E-state index contributed by atoms with van der Waals surface area (Å²) >= 11 is 3.01. The minimum atomic E-state index is -0.585. The van der Waals surface area contributed by atoms with E-state index in [1.54, 1.807) is 0 Å². The Balaban J connectivity index is 3.07. The van der Waals surface area contributed by atoms with Gasteiger partial charge in [0, 0.05) is 16.1 Å². The number of rotatable bonds is 3. The van der Waals surface area contributed by atoms with E-state index in [2.05, 4.69) is 15.9 Å². The monoisotopic (exact) mass is 263 g/mol. The van der Waals surface area contributed by atoms with Crippen molar-refractivity contribution in [3.05, 3.63) is 33.8 Å². The number of hydrogen-bond acceptors (Lipinski definition) is 1. The first kappa shape index (κ1) is 11.6. The van der Waals surface area contributed by atoms with Crippen molar-refractivity contribution < 1.29 is 8.78 Å². The molecule has 1 rings (SSSR count). The Bertz CT molecular complexity index is 305. The van der Waals surface area contributed by atoms with Gasteiger partial charge in [-0.1, -0.05) is 29.3 Å². The zero-order valence-corrected chi connectivity index (χ0v) is 9.44. The summed E-state index contributed by atoms with van der Waals surface area (Å²) in [6.45, 7) is 1.93. The summed E-state index contributed by atoms with van der Waals surface area (Å²) in [5.41, 5.74) is 5.64. The third-order valence-electron chi connectivity index (χ3n) is 2.01. The van der Waals surface area contributed by atoms with Crippen LogP contribution in [0.3, 0.4) is 0 Å². The Labute approximate surface area is 90.4 Å². The van der Waals surface area contributed by atoms with Gasteiger partial charge in [0.15, 0.2) is 0 Å². The molecule has 0 aliphatic rings. The van der Waals surface area contributed by atoms with Crippen molar-refractivity contribution in [3.8, 4) is 0 Å². The molecule has 78 valence electrons. The fourth-order valence-electron chi connectivity index (χ4n) is 1.36. The van der Waals surface area contributed by atoms with E-state index in [1.807, 2.05) is 6.92 Å². The Morgan fingerprint density at radius 3 is 2.29 bits per heavy atom. The van der Waals surface area contributed by atoms with Crippen molar-refractivity contribution in [3.63, 3.8) is 0 Å². The minimum Gasteiger partial charge on any atom is -0.324 e. The fraction of sp³-hybridized carbons (Fsp3) is 0.400. The maximum Gasteiger partial charge on any atom is 0.132 e. The van der Waals surface area contributed by atoms with Crippen molar-refractivity contribution in [2.75, 3.05) is 0 Å². The highest BCUT2D eigenvalue weighted by Crippen LogP contribution is 2.25. The van der Waals surface area contributed by atoms with Crippen molar-refractivity contribution >= 4 is 15.9 Å². The summed E-state index contributed by atoms with van der Waals surface area (Å²) in [5, 5.41) is 0. The van der Waals surface area contributed by atoms with Gasteiger partial charge in [-0.15, -0.1) is 0 Å². The summed E-state index contributed by atoms with van der Waals surface area (Å²) in [6, 6.07) is 1.90. The van der Waals surface area contributed by atoms with Crippen LogP contribution in [0.4, 0.5) is 8.78 Å². The number of benzene rings is 1. The molecule has 0 saturated heterocycles. The molecule has 0 saturated carbocycles. The highest BCUT2D eigenvalue weighted by atomic mass is 79.9. The second-order valence-corrected chi connectivity index (χ2v) is 4.09. The van der Waals surface area contributed by atoms with Crippen molar-refractivity contribution in [1.82, 2.24) is 0 Å². The molecule has 0 aliphatic heterocycles. The van der Waals surface area contributed by atoms with Gasteiger partial charge >= 0.3 is 0 Å². The van der Waals surface area contributed by atoms with Crippen LogP contribution in [0.2, 0.25) is 0 Å². The van der Waals surface area contributed by atoms with Crippen LogP contribution in [-0.2, 0) is 0 Å². The van der Waals surface area contributed by atoms with E-state index < -0.39 is 17.7 Å². The van der Waals surface area contributed by atoms with Gasteiger partial charge in [-0.05, 0) is 18.6 Å². The maximum absolute atomic E-state index is 13.3. The average molecular weight is 264 g/mol. The quantitative estimate of drug-likeness (QED) is 0.887. The zero-order valence-electron chi connectivity index (χ0n) is 7.86. The first-order chi connectivity index (χ1) is 6.56. The van der Waals surface area contributed by atoms with Crippen LogP contribution < -0.4 is 5.73 Å². The molecule has 1 unspecified atom stereocenters. The maximum atomic E-state index is 13.3. The standard InChI is InChI=1S/C10H12BrF2N/c1-2-3-9(14)10-7(12)4-6(11)5-8(10)13/h4-5,9H,2-3,14H2,1H3. The predicted molar refractivity (Wildman–Crippen MR) is 55.9 cm³/mol. The van der Waals surface area contributed by atoms with Gasteiger partial charge in [0.25, 0.3) is 0 Å². The molecule has 1 aromatic rings. The lowest BCUT2D eigenvalue weighted by atomic mass is 10.0. The van der Waals surface area contributed by atoms with E-state index in [4.69, 9.17) is 5.73 Å². The molecule has 0 aromatic heterocycles. The second kappa shape index (κ2) is 4.84. The molecule has 0 bridgehead atoms. The molecule has 4 heteroatoms. The largest absolute Gasteiger partial charge is 0.324 e. The minimum absolute atomic E-state index is 0.0185. The van der Waals surface area contributed by atoms with Crippen molar-refractivity contribution in [1.29, 1.82) is 0 Å². The zero-order chi connectivity index (χ0) is 10.7. The molecule has 1 aromatic carbocycles. The summed E-state index contributed by atoms with van der Waals surface area (Å²) in [6.07, 6.45) is 1.38. The van der Waals surface area contributed by atoms with Gasteiger partial charge in [-0.3, -0.25) is 0 Å². The second-order valence-electron chi connectivity index (χ2n) is 3.18. The molecule has 0 radical (unpaired) electrons. The summed E-state index contributed by atoms with van der Waals surface area (Å²) in [5.74, 6) is -1.17. The lowest BCUT2D eigenvalue weighted by Gasteiger charge is -2.12. The SMILES string of the molecule is CCCC(N)c1c(F)cc(Br)cc1F. The van der Waals surface area contributed by atoms with Crippen LogP contribution in [0, 0.1) is 11.6 Å². The average Bonchev–Trinajstić information content (AvgIpc) is 2.01. The lowest BCUT2D eigenvalue weighted by molar-refractivity contribution is 0.509. The van der Waals surface area contributed by atoms with E-state index in [0.717, 1.165) is 6.42 Å². The highest BCUT2D eigenvalue weighted by Gasteiger charge is 2.16. The van der Waals surface area contributed by atoms with E-state index in [-0.39, 0.29) is 5.56 Å². The third kappa shape index (κ3) is 2.51. The van der Waals surface area contributed by atoms with Crippen LogP contribution in [0.5, 0.6) is 0 Å². The van der Waals surface area contributed by atoms with Crippen LogP contribution in [0.15, 0.2) is 16.6 Å². The van der Waals surface area contributed by atoms with E-state index >= 15 is 0 Å². The Hall–Kier alpha value is -0.480. The van der Waals surface area contributed by atoms with E-state index in [0.29, 0.717) is 10.9 Å². The molecule has 0 aliphatic carbocycles. The summed E-state index contributed by atoms with van der Waals surface area (Å²) < 4.78 is 27.1. The summed E-state index contributed by atoms with van der Waals surface area (Å²) in [7, 11) is 0. The van der Waals surface area contributed by atoms with Gasteiger partial charge in [0.05, 0.1) is 0 Å². The highest BCUT2D eigenvalue weighted by molar-refractivity contribution is 9.10. The number of hydrogen-bond donors (Lipinski definition) is 1. The van der Waals surface area contributed by atoms with E-state index in [1.165, 1.54) is 12.1 Å². The van der Waals surface area contributed by atoms with Crippen LogP contribution in [-0.4, -0.2) is 0 Å². The van der Waals surface area contributed by atoms with Gasteiger partial charge in [-0.2, -0.15) is 0 Å². The van der Waals surface area contributed by atoms with Gasteiger partial charge in [0.2, 0.25) is 0 Å². The van der Waals surface area contributed by atoms with Crippen molar-refractivity contribution in [2.45, 2.75) is 25.8 Å². The molecule has 0 spiro atoms. The molecule has 0 amide bonds. The van der Waals surface area contributed by atoms with Crippen LogP contribution >= 0.6 is 15.9 Å². The first-order valence-electron chi connectivity index (χ1n) is 4.46. The molecule has 0 fully saturated rings. The molecule has 0 heterocycles. The Kier molecular flexibility index (Phi) is 4.01. The van der Waals surface area contributed by atoms with Gasteiger partial charge in [-0.25, -0.2) is 8.78 Å². The van der Waals surface area contributed by atoms with Gasteiger partial charge < -0.3 is 5.73 Å². The topological polar surface area (TPSA) is 26.0 Å². The lowest BCUT2D eigenvalue weighted by Crippen LogP contribution is -2.13. The van der Waals surface area contributed by atoms with Crippen LogP contribution in [0.1, 0.15) is 31.4 Å². The molecular formula is C10H12BrF2N. The molecule has 14 heavy (non-hydrogen) atoms. The number of halogens is 3. The van der Waals surface area contributed by atoms with Gasteiger partial charge in [0.1, 0.15) is 11.6 Å². The van der Waals surface area contributed by atoms with Crippen molar-refractivity contribution in [2.24, 2.45) is 5.73 Å². The number of nitrogens with two attached hydrogens (primary N) is 1. The summed E-state index contributed by atoms with van der Waals surface area (Å²) in [4.78, 5) is 0. The Morgan fingerprint density at radius 1 is 1.36 bits per heavy atom. The first-order valence-corrected chi connectivity index (χ1v) is 5.25. The normalized spacial score (nSPS) is 12.9. The molecule has 1 nitrogen and oxygen atoms in total. The third-order valence-corrected chi connectivity index (χ3v) is 2.47. The predicted octanol–water partition coefficient (Wildman–Crippen LogP) is 3.53. The Morgan fingerprint density at radius 2 is 1.86 bits per heavy atom. The fourth-order valence-corrected chi connectivity index (χ4v) is 1.76. The molecular weight excluding hydrogens is 252 g/mol. The smallest absolute Gasteiger partial charge is 0.132 e. The molecule has 2 N–H and O–H groups in total. The van der Waals surface area contributed by atoms with Crippen LogP contribution in [0.25, 0.3) is 0 Å². The molecule has 1 atom stereocenters.